The molecule has 0 saturated heterocycles. The zero-order valence-electron chi connectivity index (χ0n) is 57.0. The monoisotopic (exact) mass is 1170 g/mol. The van der Waals surface area contributed by atoms with Crippen LogP contribution >= 0.6 is 0 Å². The SMILES string of the molecule is CCCCCCCCCCCCCCCCCCCCCCCCCCCCCCCCC(=O)OCC(COC(=O)CCCCCCCCCCCCCCCCCCC)OC(=O)CCCCCCCCCCCCCCCCCCCC. The van der Waals surface area contributed by atoms with Crippen molar-refractivity contribution in [2.24, 2.45) is 0 Å². The van der Waals surface area contributed by atoms with E-state index in [1.54, 1.807) is 0 Å². The highest BCUT2D eigenvalue weighted by molar-refractivity contribution is 5.71. The lowest BCUT2D eigenvalue weighted by atomic mass is 10.0. The van der Waals surface area contributed by atoms with Crippen LogP contribution in [0.4, 0.5) is 0 Å². The number of hydrogen-bond acceptors (Lipinski definition) is 6. The molecule has 494 valence electrons. The van der Waals surface area contributed by atoms with Crippen molar-refractivity contribution in [1.29, 1.82) is 0 Å². The third kappa shape index (κ3) is 71.1. The van der Waals surface area contributed by atoms with Crippen molar-refractivity contribution in [3.05, 3.63) is 0 Å². The Bertz CT molecular complexity index is 1250. The van der Waals surface area contributed by atoms with E-state index in [1.807, 2.05) is 0 Å². The Kier molecular flexibility index (Phi) is 71.5. The summed E-state index contributed by atoms with van der Waals surface area (Å²) >= 11 is 0. The number of ether oxygens (including phenoxy) is 3. The Morgan fingerprint density at radius 1 is 0.193 bits per heavy atom. The van der Waals surface area contributed by atoms with Crippen molar-refractivity contribution in [2.75, 3.05) is 13.2 Å². The second-order valence-electron chi connectivity index (χ2n) is 26.6. The van der Waals surface area contributed by atoms with E-state index in [0.29, 0.717) is 19.3 Å². The standard InChI is InChI=1S/C77H150O6/c1-4-7-10-13-16-19-22-25-28-31-33-34-35-36-37-38-39-40-41-42-43-44-47-49-52-55-58-61-64-67-70-76(79)82-73-74(72-81-75(78)69-66-63-60-57-54-51-48-45-30-27-24-21-18-15-12-9-6-3)83-77(80)71-68-65-62-59-56-53-50-46-32-29-26-23-20-17-14-11-8-5-2/h74H,4-73H2,1-3H3. The zero-order valence-corrected chi connectivity index (χ0v) is 57.0. The molecule has 1 unspecified atom stereocenters. The minimum Gasteiger partial charge on any atom is -0.462 e. The molecule has 0 aromatic heterocycles. The highest BCUT2D eigenvalue weighted by Gasteiger charge is 2.20. The highest BCUT2D eigenvalue weighted by atomic mass is 16.6. The van der Waals surface area contributed by atoms with Crippen LogP contribution in [0, 0.1) is 0 Å². The Morgan fingerprint density at radius 3 is 0.482 bits per heavy atom. The second kappa shape index (κ2) is 72.9. The molecule has 1 atom stereocenters. The largest absolute Gasteiger partial charge is 0.462 e. The fraction of sp³-hybridized carbons (Fsp3) is 0.961. The summed E-state index contributed by atoms with van der Waals surface area (Å²) in [5.74, 6) is -0.814. The van der Waals surface area contributed by atoms with Gasteiger partial charge in [-0.3, -0.25) is 14.4 Å². The van der Waals surface area contributed by atoms with Gasteiger partial charge in [-0.2, -0.15) is 0 Å². The average molecular weight is 1170 g/mol. The third-order valence-corrected chi connectivity index (χ3v) is 18.1. The molecule has 0 saturated carbocycles. The molecule has 6 nitrogen and oxygen atoms in total. The quantitative estimate of drug-likeness (QED) is 0.0343. The van der Waals surface area contributed by atoms with Crippen molar-refractivity contribution in [3.63, 3.8) is 0 Å². The second-order valence-corrected chi connectivity index (χ2v) is 26.6. The van der Waals surface area contributed by atoms with Crippen LogP contribution in [-0.4, -0.2) is 37.2 Å². The van der Waals surface area contributed by atoms with Crippen LogP contribution in [0.25, 0.3) is 0 Å². The molecule has 0 aromatic rings. The summed E-state index contributed by atoms with van der Waals surface area (Å²) in [4.78, 5) is 38.5. The number of esters is 3. The summed E-state index contributed by atoms with van der Waals surface area (Å²) < 4.78 is 17.1. The van der Waals surface area contributed by atoms with Gasteiger partial charge in [0.25, 0.3) is 0 Å². The van der Waals surface area contributed by atoms with Gasteiger partial charge in [0.05, 0.1) is 0 Å². The zero-order chi connectivity index (χ0) is 59.9. The number of carbonyl (C=O) groups is 3. The molecule has 0 aliphatic rings. The molecule has 0 fully saturated rings. The topological polar surface area (TPSA) is 78.9 Å². The van der Waals surface area contributed by atoms with E-state index < -0.39 is 6.10 Å². The molecular weight excluding hydrogens is 1020 g/mol. The molecule has 6 heteroatoms. The summed E-state index contributed by atoms with van der Waals surface area (Å²) in [6.07, 6.45) is 87.3. The molecule has 0 aromatic carbocycles. The van der Waals surface area contributed by atoms with Gasteiger partial charge in [0.15, 0.2) is 6.10 Å². The van der Waals surface area contributed by atoms with Crippen molar-refractivity contribution < 1.29 is 28.6 Å². The predicted molar refractivity (Wildman–Crippen MR) is 363 cm³/mol. The van der Waals surface area contributed by atoms with Crippen LogP contribution < -0.4 is 0 Å². The van der Waals surface area contributed by atoms with Gasteiger partial charge in [0.2, 0.25) is 0 Å². The van der Waals surface area contributed by atoms with Crippen molar-refractivity contribution in [1.82, 2.24) is 0 Å². The first kappa shape index (κ1) is 81.4. The minimum absolute atomic E-state index is 0.0598. The summed E-state index contributed by atoms with van der Waals surface area (Å²) in [7, 11) is 0. The van der Waals surface area contributed by atoms with Gasteiger partial charge in [-0.1, -0.05) is 419 Å². The maximum Gasteiger partial charge on any atom is 0.306 e. The Balaban J connectivity index is 4.16. The Labute approximate surface area is 520 Å². The van der Waals surface area contributed by atoms with Gasteiger partial charge in [-0.15, -0.1) is 0 Å². The lowest BCUT2D eigenvalue weighted by Gasteiger charge is -2.18. The molecule has 0 aliphatic heterocycles. The van der Waals surface area contributed by atoms with Crippen molar-refractivity contribution in [3.8, 4) is 0 Å². The van der Waals surface area contributed by atoms with E-state index in [9.17, 15) is 14.4 Å². The van der Waals surface area contributed by atoms with E-state index in [1.165, 1.54) is 360 Å². The number of carbonyl (C=O) groups excluding carboxylic acids is 3. The Morgan fingerprint density at radius 2 is 0.325 bits per heavy atom. The number of unbranched alkanes of at least 4 members (excludes halogenated alkanes) is 62. The van der Waals surface area contributed by atoms with Gasteiger partial charge in [0, 0.05) is 19.3 Å². The smallest absolute Gasteiger partial charge is 0.306 e. The summed E-state index contributed by atoms with van der Waals surface area (Å²) in [6, 6.07) is 0. The molecule has 0 amide bonds. The fourth-order valence-corrected chi connectivity index (χ4v) is 12.3. The molecule has 0 heterocycles. The molecule has 0 radical (unpaired) electrons. The maximum atomic E-state index is 13.0. The molecule has 0 rings (SSSR count). The maximum absolute atomic E-state index is 13.0. The summed E-state index contributed by atoms with van der Waals surface area (Å²) in [6.45, 7) is 6.76. The van der Waals surface area contributed by atoms with E-state index in [0.717, 1.165) is 57.8 Å². The highest BCUT2D eigenvalue weighted by Crippen LogP contribution is 2.20. The lowest BCUT2D eigenvalue weighted by Crippen LogP contribution is -2.30. The summed E-state index contributed by atoms with van der Waals surface area (Å²) in [5, 5.41) is 0. The van der Waals surface area contributed by atoms with E-state index in [2.05, 4.69) is 20.8 Å². The Hall–Kier alpha value is -1.59. The first-order valence-corrected chi connectivity index (χ1v) is 38.5. The molecule has 0 bridgehead atoms. The van der Waals surface area contributed by atoms with Gasteiger partial charge < -0.3 is 14.2 Å². The summed E-state index contributed by atoms with van der Waals surface area (Å²) in [5.41, 5.74) is 0. The average Bonchev–Trinajstić information content (AvgIpc) is 3.49. The molecule has 0 aliphatic carbocycles. The van der Waals surface area contributed by atoms with Crippen LogP contribution in [0.15, 0.2) is 0 Å². The normalized spacial score (nSPS) is 11.9. The van der Waals surface area contributed by atoms with E-state index in [4.69, 9.17) is 14.2 Å². The predicted octanol–water partition coefficient (Wildman–Crippen LogP) is 26.6. The van der Waals surface area contributed by atoms with Crippen LogP contribution in [0.3, 0.4) is 0 Å². The minimum atomic E-state index is -0.764. The van der Waals surface area contributed by atoms with Gasteiger partial charge in [0.1, 0.15) is 13.2 Å². The van der Waals surface area contributed by atoms with Crippen molar-refractivity contribution in [2.45, 2.75) is 463 Å². The van der Waals surface area contributed by atoms with Crippen LogP contribution in [0.5, 0.6) is 0 Å². The molecular formula is C77H150O6. The van der Waals surface area contributed by atoms with Gasteiger partial charge >= 0.3 is 17.9 Å². The number of hydrogen-bond donors (Lipinski definition) is 0. The fourth-order valence-electron chi connectivity index (χ4n) is 12.3. The van der Waals surface area contributed by atoms with E-state index >= 15 is 0 Å². The molecule has 0 spiro atoms. The van der Waals surface area contributed by atoms with Crippen molar-refractivity contribution >= 4 is 17.9 Å². The lowest BCUT2D eigenvalue weighted by molar-refractivity contribution is -0.167. The third-order valence-electron chi connectivity index (χ3n) is 18.1. The molecule has 83 heavy (non-hydrogen) atoms. The van der Waals surface area contributed by atoms with Crippen LogP contribution in [0.1, 0.15) is 457 Å². The molecule has 0 N–H and O–H groups in total. The first-order valence-electron chi connectivity index (χ1n) is 38.5. The van der Waals surface area contributed by atoms with Gasteiger partial charge in [-0.25, -0.2) is 0 Å². The first-order chi connectivity index (χ1) is 41.0. The van der Waals surface area contributed by atoms with Gasteiger partial charge in [-0.05, 0) is 19.3 Å². The van der Waals surface area contributed by atoms with Crippen LogP contribution in [0.2, 0.25) is 0 Å². The number of rotatable bonds is 73. The van der Waals surface area contributed by atoms with E-state index in [-0.39, 0.29) is 31.1 Å². The van der Waals surface area contributed by atoms with Crippen LogP contribution in [-0.2, 0) is 28.6 Å².